The maximum absolute atomic E-state index is 11.1. The zero-order chi connectivity index (χ0) is 30.6. The van der Waals surface area contributed by atoms with Gasteiger partial charge in [-0.3, -0.25) is 4.90 Å². The fourth-order valence-corrected chi connectivity index (χ4v) is 6.94. The van der Waals surface area contributed by atoms with Crippen LogP contribution in [-0.2, 0) is 23.0 Å². The van der Waals surface area contributed by atoms with E-state index in [0.717, 1.165) is 59.9 Å². The number of benzene rings is 1. The number of hydrogen-bond acceptors (Lipinski definition) is 8. The number of nitrogens with two attached hydrogens (primary N) is 1. The Morgan fingerprint density at radius 3 is 2.63 bits per heavy atom. The Kier molecular flexibility index (Phi) is 8.00. The van der Waals surface area contributed by atoms with Gasteiger partial charge in [-0.05, 0) is 74.1 Å². The Morgan fingerprint density at radius 1 is 1.16 bits per heavy atom. The number of aliphatic hydroxyl groups is 2. The van der Waals surface area contributed by atoms with E-state index in [1.165, 1.54) is 11.9 Å². The van der Waals surface area contributed by atoms with Crippen LogP contribution >= 0.6 is 0 Å². The summed E-state index contributed by atoms with van der Waals surface area (Å²) in [6, 6.07) is 7.26. The molecular formula is C33H47N7O3. The molecule has 1 aliphatic carbocycles. The molecule has 4 unspecified atom stereocenters. The summed E-state index contributed by atoms with van der Waals surface area (Å²) in [5.41, 5.74) is 11.3. The average Bonchev–Trinajstić information content (AvgIpc) is 3.60. The maximum Gasteiger partial charge on any atom is 0.164 e. The van der Waals surface area contributed by atoms with Crippen molar-refractivity contribution < 1.29 is 14.9 Å². The first-order valence-corrected chi connectivity index (χ1v) is 15.8. The second-order valence-electron chi connectivity index (χ2n) is 13.9. The molecule has 3 aromatic heterocycles. The van der Waals surface area contributed by atoms with E-state index in [4.69, 9.17) is 15.5 Å². The lowest BCUT2D eigenvalue weighted by Gasteiger charge is -2.46. The van der Waals surface area contributed by atoms with Crippen molar-refractivity contribution in [2.45, 2.75) is 116 Å². The van der Waals surface area contributed by atoms with Gasteiger partial charge in [0.1, 0.15) is 41.9 Å². The Balaban J connectivity index is 1.07. The van der Waals surface area contributed by atoms with Crippen LogP contribution in [0.15, 0.2) is 30.7 Å². The first-order valence-electron chi connectivity index (χ1n) is 15.8. The highest BCUT2D eigenvalue weighted by molar-refractivity contribution is 5.89. The first kappa shape index (κ1) is 30.0. The Labute approximate surface area is 253 Å². The van der Waals surface area contributed by atoms with Gasteiger partial charge in [0.15, 0.2) is 6.23 Å². The van der Waals surface area contributed by atoms with Gasteiger partial charge < -0.3 is 30.2 Å². The molecule has 10 heteroatoms. The van der Waals surface area contributed by atoms with Crippen LogP contribution in [0.1, 0.15) is 84.0 Å². The Morgan fingerprint density at radius 2 is 1.93 bits per heavy atom. The molecule has 2 fully saturated rings. The van der Waals surface area contributed by atoms with Gasteiger partial charge in [0.2, 0.25) is 0 Å². The van der Waals surface area contributed by atoms with Crippen molar-refractivity contribution in [3.05, 3.63) is 47.7 Å². The molecule has 4 aromatic rings. The van der Waals surface area contributed by atoms with E-state index in [-0.39, 0.29) is 11.5 Å². The third-order valence-corrected chi connectivity index (χ3v) is 9.63. The van der Waals surface area contributed by atoms with Crippen LogP contribution in [-0.4, -0.2) is 76.6 Å². The highest BCUT2D eigenvalue weighted by Crippen LogP contribution is 2.39. The third-order valence-electron chi connectivity index (χ3n) is 9.63. The van der Waals surface area contributed by atoms with Crippen molar-refractivity contribution in [3.63, 3.8) is 0 Å². The number of fused-ring (bicyclic) bond motifs is 2. The number of imidazole rings is 1. The van der Waals surface area contributed by atoms with E-state index in [1.807, 2.05) is 13.1 Å². The second kappa shape index (κ2) is 11.5. The monoisotopic (exact) mass is 589 g/mol. The highest BCUT2D eigenvalue weighted by Gasteiger charge is 2.46. The molecule has 4 atom stereocenters. The van der Waals surface area contributed by atoms with E-state index in [9.17, 15) is 10.2 Å². The lowest BCUT2D eigenvalue weighted by atomic mass is 9.76. The number of hydrogen-bond donors (Lipinski definition) is 4. The lowest BCUT2D eigenvalue weighted by Crippen LogP contribution is -2.52. The Hall–Kier alpha value is -3.05. The number of ether oxygens (including phenoxy) is 1. The molecule has 1 saturated carbocycles. The van der Waals surface area contributed by atoms with Gasteiger partial charge in [-0.2, -0.15) is 0 Å². The van der Waals surface area contributed by atoms with E-state index in [1.54, 1.807) is 4.57 Å². The Bertz CT molecular complexity index is 1580. The molecule has 1 saturated heterocycles. The standard InChI is InChI=1S/C33H47N7O3/c1-7-20-15-40(31-27(20)30(34)35-17-36-31)32-29(42)28(41)25(43-32)16-39(18(2)3)22-12-19(13-22)8-11-26-37-23-10-9-21(33(4,5)6)14-24(23)38-26/h9-10,14-15,17-19,22,25,28-29,32,41-42H,7-8,11-13,16H2,1-6H3,(H,37,38)(H2,34,35,36). The summed E-state index contributed by atoms with van der Waals surface area (Å²) in [6.07, 6.45) is 5.00. The van der Waals surface area contributed by atoms with Crippen LogP contribution in [0, 0.1) is 5.92 Å². The molecule has 1 aromatic carbocycles. The van der Waals surface area contributed by atoms with Crippen molar-refractivity contribution in [3.8, 4) is 0 Å². The van der Waals surface area contributed by atoms with Gasteiger partial charge in [0.05, 0.1) is 16.4 Å². The number of anilines is 1. The molecule has 0 bridgehead atoms. The second-order valence-corrected chi connectivity index (χ2v) is 13.9. The van der Waals surface area contributed by atoms with Crippen LogP contribution in [0.5, 0.6) is 0 Å². The third kappa shape index (κ3) is 5.66. The van der Waals surface area contributed by atoms with E-state index in [2.05, 4.69) is 72.7 Å². The first-order chi connectivity index (χ1) is 20.4. The van der Waals surface area contributed by atoms with Crippen LogP contribution in [0.3, 0.4) is 0 Å². The summed E-state index contributed by atoms with van der Waals surface area (Å²) in [6.45, 7) is 13.7. The predicted octanol–water partition coefficient (Wildman–Crippen LogP) is 4.49. The topological polar surface area (TPSA) is 138 Å². The zero-order valence-electron chi connectivity index (χ0n) is 26.3. The van der Waals surface area contributed by atoms with Crippen molar-refractivity contribution in [2.24, 2.45) is 5.92 Å². The minimum Gasteiger partial charge on any atom is -0.387 e. The highest BCUT2D eigenvalue weighted by atomic mass is 16.6. The van der Waals surface area contributed by atoms with Gasteiger partial charge in [-0.25, -0.2) is 15.0 Å². The lowest BCUT2D eigenvalue weighted by molar-refractivity contribution is -0.0619. The summed E-state index contributed by atoms with van der Waals surface area (Å²) in [5.74, 6) is 2.11. The summed E-state index contributed by atoms with van der Waals surface area (Å²) in [7, 11) is 0. The fourth-order valence-electron chi connectivity index (χ4n) is 6.94. The number of nitrogens with one attached hydrogen (secondary N) is 1. The summed E-state index contributed by atoms with van der Waals surface area (Å²) < 4.78 is 8.18. The maximum atomic E-state index is 11.1. The largest absolute Gasteiger partial charge is 0.387 e. The van der Waals surface area contributed by atoms with Crippen molar-refractivity contribution in [1.29, 1.82) is 0 Å². The smallest absolute Gasteiger partial charge is 0.164 e. The predicted molar refractivity (Wildman–Crippen MR) is 169 cm³/mol. The van der Waals surface area contributed by atoms with E-state index >= 15 is 0 Å². The number of aliphatic hydroxyl groups excluding tert-OH is 2. The molecule has 1 aliphatic heterocycles. The molecule has 0 radical (unpaired) electrons. The molecule has 5 N–H and O–H groups in total. The average molecular weight is 590 g/mol. The molecule has 232 valence electrons. The van der Waals surface area contributed by atoms with Crippen LogP contribution < -0.4 is 5.73 Å². The number of nitrogen functional groups attached to an aromatic ring is 1. The zero-order valence-corrected chi connectivity index (χ0v) is 26.3. The van der Waals surface area contributed by atoms with Crippen molar-refractivity contribution >= 4 is 27.9 Å². The number of nitrogens with zero attached hydrogens (tertiary/aromatic N) is 5. The molecule has 2 aliphatic rings. The van der Waals surface area contributed by atoms with Gasteiger partial charge in [0, 0.05) is 31.2 Å². The van der Waals surface area contributed by atoms with Gasteiger partial charge in [-0.1, -0.05) is 33.8 Å². The molecule has 0 spiro atoms. The minimum atomic E-state index is -1.08. The number of H-pyrrole nitrogens is 1. The summed E-state index contributed by atoms with van der Waals surface area (Å²) in [5, 5.41) is 22.9. The number of aryl methyl sites for hydroxylation is 2. The fraction of sp³-hybridized carbons (Fsp3) is 0.606. The molecule has 4 heterocycles. The SMILES string of the molecule is CCc1cn(C2OC(CN(C(C)C)C3CC(CCc4nc5ccc(C(C)(C)C)cc5[nH]4)C3)C(O)C2O)c2ncnc(N)c12. The quantitative estimate of drug-likeness (QED) is 0.224. The molecular weight excluding hydrogens is 542 g/mol. The van der Waals surface area contributed by atoms with Gasteiger partial charge >= 0.3 is 0 Å². The normalized spacial score (nSPS) is 26.3. The number of aromatic amines is 1. The number of rotatable bonds is 9. The molecule has 43 heavy (non-hydrogen) atoms. The number of aromatic nitrogens is 5. The van der Waals surface area contributed by atoms with Crippen molar-refractivity contribution in [2.75, 3.05) is 12.3 Å². The van der Waals surface area contributed by atoms with E-state index < -0.39 is 24.5 Å². The minimum absolute atomic E-state index is 0.111. The van der Waals surface area contributed by atoms with Gasteiger partial charge in [0.25, 0.3) is 0 Å². The molecule has 10 nitrogen and oxygen atoms in total. The molecule has 6 rings (SSSR count). The summed E-state index contributed by atoms with van der Waals surface area (Å²) >= 11 is 0. The van der Waals surface area contributed by atoms with Crippen LogP contribution in [0.2, 0.25) is 0 Å². The van der Waals surface area contributed by atoms with Crippen LogP contribution in [0.4, 0.5) is 5.82 Å². The van der Waals surface area contributed by atoms with Crippen molar-refractivity contribution in [1.82, 2.24) is 29.4 Å². The van der Waals surface area contributed by atoms with Gasteiger partial charge in [-0.15, -0.1) is 0 Å². The summed E-state index contributed by atoms with van der Waals surface area (Å²) in [4.78, 5) is 19.4. The molecule has 0 amide bonds. The van der Waals surface area contributed by atoms with E-state index in [0.29, 0.717) is 30.0 Å². The van der Waals surface area contributed by atoms with Crippen LogP contribution in [0.25, 0.3) is 22.1 Å².